The normalized spacial score (nSPS) is 22.5. The zero-order chi connectivity index (χ0) is 7.78. The van der Waals surface area contributed by atoms with E-state index in [1.165, 1.54) is 44.3 Å². The van der Waals surface area contributed by atoms with Crippen molar-refractivity contribution in [1.82, 2.24) is 0 Å². The number of hydrogen-bond donors (Lipinski definition) is 0. The van der Waals surface area contributed by atoms with Crippen LogP contribution in [0.15, 0.2) is 4.99 Å². The average Bonchev–Trinajstić information content (AvgIpc) is 2.64. The molecular formula is C9H17NS. The summed E-state index contributed by atoms with van der Waals surface area (Å²) in [6, 6.07) is 0. The summed E-state index contributed by atoms with van der Waals surface area (Å²) < 4.78 is 0. The molecule has 1 fully saturated rings. The Labute approximate surface area is 73.7 Å². The first-order chi connectivity index (χ1) is 5.50. The Kier molecular flexibility index (Phi) is 5.56. The van der Waals surface area contributed by atoms with E-state index in [2.05, 4.69) is 4.99 Å². The van der Waals surface area contributed by atoms with Crippen LogP contribution in [0.2, 0.25) is 0 Å². The molecule has 0 aromatic heterocycles. The number of thioether (sulfide) groups is 1. The Morgan fingerprint density at radius 1 is 0.909 bits per heavy atom. The molecule has 2 rings (SSSR count). The molecule has 0 saturated heterocycles. The van der Waals surface area contributed by atoms with Gasteiger partial charge in [-0.1, -0.05) is 38.5 Å². The van der Waals surface area contributed by atoms with Crippen LogP contribution in [0.1, 0.15) is 38.5 Å². The molecule has 1 nitrogen and oxygen atoms in total. The molecule has 0 spiro atoms. The second-order valence-electron chi connectivity index (χ2n) is 3.00. The number of aliphatic imine (C=N–C) groups is 1. The summed E-state index contributed by atoms with van der Waals surface area (Å²) in [6.45, 7) is 1.03. The Bertz CT molecular complexity index is 90.6. The van der Waals surface area contributed by atoms with E-state index >= 15 is 0 Å². The lowest BCUT2D eigenvalue weighted by Gasteiger charge is -2.05. The first-order valence-electron chi connectivity index (χ1n) is 4.60. The fourth-order valence-electron chi connectivity index (χ4n) is 1.32. The molecule has 2 heteroatoms. The van der Waals surface area contributed by atoms with Gasteiger partial charge >= 0.3 is 0 Å². The molecule has 0 N–H and O–H groups in total. The maximum atomic E-state index is 3.92. The van der Waals surface area contributed by atoms with Gasteiger partial charge in [0.1, 0.15) is 0 Å². The lowest BCUT2D eigenvalue weighted by molar-refractivity contribution is 0.504. The van der Waals surface area contributed by atoms with Crippen LogP contribution in [-0.4, -0.2) is 17.8 Å². The molecule has 1 aliphatic carbocycles. The van der Waals surface area contributed by atoms with Crippen molar-refractivity contribution >= 4 is 17.3 Å². The highest BCUT2D eigenvalue weighted by Gasteiger charge is 1.95. The molecular weight excluding hydrogens is 154 g/mol. The van der Waals surface area contributed by atoms with Gasteiger partial charge in [-0.15, -0.1) is 11.8 Å². The fraction of sp³-hybridized carbons (Fsp3) is 0.889. The molecule has 0 unspecified atom stereocenters. The van der Waals surface area contributed by atoms with Crippen molar-refractivity contribution in [1.29, 1.82) is 0 Å². The van der Waals surface area contributed by atoms with Crippen LogP contribution in [0.5, 0.6) is 0 Å². The zero-order valence-electron chi connectivity index (χ0n) is 7.09. The maximum Gasteiger partial charge on any atom is 0.0542 e. The Balaban J connectivity index is 0.000000112. The van der Waals surface area contributed by atoms with Crippen molar-refractivity contribution in [2.24, 2.45) is 4.99 Å². The van der Waals surface area contributed by atoms with E-state index in [4.69, 9.17) is 0 Å². The summed E-state index contributed by atoms with van der Waals surface area (Å²) in [5.74, 6) is 1.19. The van der Waals surface area contributed by atoms with Crippen LogP contribution >= 0.6 is 11.8 Å². The third-order valence-electron chi connectivity index (χ3n) is 1.99. The molecule has 0 amide bonds. The highest BCUT2D eigenvalue weighted by atomic mass is 32.2. The van der Waals surface area contributed by atoms with Crippen molar-refractivity contribution in [3.05, 3.63) is 0 Å². The highest BCUT2D eigenvalue weighted by molar-refractivity contribution is 8.12. The molecule has 0 atom stereocenters. The highest BCUT2D eigenvalue weighted by Crippen LogP contribution is 2.15. The lowest BCUT2D eigenvalue weighted by atomic mass is 10.0. The molecule has 0 aromatic rings. The van der Waals surface area contributed by atoms with E-state index in [-0.39, 0.29) is 0 Å². The van der Waals surface area contributed by atoms with Crippen LogP contribution in [-0.2, 0) is 0 Å². The molecule has 0 bridgehead atoms. The summed E-state index contributed by atoms with van der Waals surface area (Å²) in [6.07, 6.45) is 9.00. The van der Waals surface area contributed by atoms with E-state index in [0.29, 0.717) is 0 Å². The van der Waals surface area contributed by atoms with Gasteiger partial charge in [0.25, 0.3) is 0 Å². The zero-order valence-corrected chi connectivity index (χ0v) is 7.91. The molecule has 1 aliphatic heterocycles. The summed E-state index contributed by atoms with van der Waals surface area (Å²) in [5, 5.41) is 0. The molecule has 11 heavy (non-hydrogen) atoms. The van der Waals surface area contributed by atoms with Crippen molar-refractivity contribution in [2.45, 2.75) is 38.5 Å². The van der Waals surface area contributed by atoms with Crippen LogP contribution in [0.3, 0.4) is 0 Å². The summed E-state index contributed by atoms with van der Waals surface area (Å²) >= 11 is 1.78. The number of rotatable bonds is 0. The third kappa shape index (κ3) is 5.31. The van der Waals surface area contributed by atoms with Crippen LogP contribution in [0.4, 0.5) is 0 Å². The first kappa shape index (κ1) is 9.11. The SMILES string of the molecule is C1=NCCS1.C1CCCCC1. The standard InChI is InChI=1S/C6H12.C3H5NS/c1-2-4-6-5-3-1;1-2-5-3-4-1/h1-6H2;3H,1-2H2. The Hall–Kier alpha value is 0.0200. The molecule has 64 valence electrons. The summed E-state index contributed by atoms with van der Waals surface area (Å²) in [4.78, 5) is 3.92. The van der Waals surface area contributed by atoms with Gasteiger partial charge in [0.05, 0.1) is 5.55 Å². The molecule has 0 aromatic carbocycles. The van der Waals surface area contributed by atoms with Crippen molar-refractivity contribution in [3.8, 4) is 0 Å². The van der Waals surface area contributed by atoms with Crippen LogP contribution in [0.25, 0.3) is 0 Å². The van der Waals surface area contributed by atoms with Crippen molar-refractivity contribution < 1.29 is 0 Å². The van der Waals surface area contributed by atoms with Crippen LogP contribution < -0.4 is 0 Å². The van der Waals surface area contributed by atoms with Gasteiger partial charge in [0.2, 0.25) is 0 Å². The van der Waals surface area contributed by atoms with Gasteiger partial charge < -0.3 is 0 Å². The predicted octanol–water partition coefficient (Wildman–Crippen LogP) is 3.10. The van der Waals surface area contributed by atoms with Gasteiger partial charge in [-0.2, -0.15) is 0 Å². The summed E-state index contributed by atoms with van der Waals surface area (Å²) in [5.41, 5.74) is 1.90. The topological polar surface area (TPSA) is 12.4 Å². The molecule has 0 radical (unpaired) electrons. The third-order valence-corrected chi connectivity index (χ3v) is 2.70. The smallest absolute Gasteiger partial charge is 0.0542 e. The minimum absolute atomic E-state index is 1.03. The van der Waals surface area contributed by atoms with E-state index in [9.17, 15) is 0 Å². The maximum absolute atomic E-state index is 3.92. The van der Waals surface area contributed by atoms with Gasteiger partial charge in [0.15, 0.2) is 0 Å². The number of nitrogens with zero attached hydrogens (tertiary/aromatic N) is 1. The van der Waals surface area contributed by atoms with Crippen LogP contribution in [0, 0.1) is 0 Å². The monoisotopic (exact) mass is 171 g/mol. The van der Waals surface area contributed by atoms with E-state index in [1.807, 2.05) is 5.55 Å². The molecule has 1 saturated carbocycles. The quantitative estimate of drug-likeness (QED) is 0.545. The first-order valence-corrected chi connectivity index (χ1v) is 5.65. The van der Waals surface area contributed by atoms with Gasteiger partial charge in [-0.05, 0) is 0 Å². The summed E-state index contributed by atoms with van der Waals surface area (Å²) in [7, 11) is 0. The van der Waals surface area contributed by atoms with Gasteiger partial charge in [-0.3, -0.25) is 4.99 Å². The van der Waals surface area contributed by atoms with E-state index < -0.39 is 0 Å². The average molecular weight is 171 g/mol. The minimum Gasteiger partial charge on any atom is -0.285 e. The number of hydrogen-bond acceptors (Lipinski definition) is 2. The lowest BCUT2D eigenvalue weighted by Crippen LogP contribution is -1.85. The van der Waals surface area contributed by atoms with Crippen molar-refractivity contribution in [2.75, 3.05) is 12.3 Å². The Morgan fingerprint density at radius 2 is 1.45 bits per heavy atom. The largest absolute Gasteiger partial charge is 0.285 e. The Morgan fingerprint density at radius 3 is 1.64 bits per heavy atom. The second kappa shape index (κ2) is 6.71. The van der Waals surface area contributed by atoms with E-state index in [0.717, 1.165) is 6.54 Å². The second-order valence-corrected chi connectivity index (χ2v) is 3.96. The van der Waals surface area contributed by atoms with E-state index in [1.54, 1.807) is 11.8 Å². The molecule has 1 heterocycles. The van der Waals surface area contributed by atoms with Gasteiger partial charge in [-0.25, -0.2) is 0 Å². The van der Waals surface area contributed by atoms with Crippen molar-refractivity contribution in [3.63, 3.8) is 0 Å². The molecule has 2 aliphatic rings. The predicted molar refractivity (Wildman–Crippen MR) is 53.5 cm³/mol. The minimum atomic E-state index is 1.03. The van der Waals surface area contributed by atoms with Gasteiger partial charge in [0, 0.05) is 12.3 Å². The fourth-order valence-corrected chi connectivity index (χ4v) is 1.85.